The topological polar surface area (TPSA) is 54.7 Å². The van der Waals surface area contributed by atoms with Crippen LogP contribution in [0.5, 0.6) is 0 Å². The van der Waals surface area contributed by atoms with Gasteiger partial charge in [0.1, 0.15) is 5.82 Å². The van der Waals surface area contributed by atoms with Gasteiger partial charge in [-0.05, 0) is 30.7 Å². The first-order chi connectivity index (χ1) is 8.69. The largest absolute Gasteiger partial charge is 0.345 e. The van der Waals surface area contributed by atoms with Gasteiger partial charge in [0.15, 0.2) is 0 Å². The lowest BCUT2D eigenvalue weighted by molar-refractivity contribution is 0.654. The number of hydrogen-bond donors (Lipinski definition) is 2. The van der Waals surface area contributed by atoms with Gasteiger partial charge in [0.05, 0.1) is 5.69 Å². The smallest absolute Gasteiger partial charge is 0.109 e. The zero-order valence-electron chi connectivity index (χ0n) is 10.3. The van der Waals surface area contributed by atoms with E-state index in [0.29, 0.717) is 12.5 Å². The monoisotopic (exact) mass is 261 g/mol. The number of aromatic nitrogens is 2. The number of imidazole rings is 1. The molecule has 0 saturated carbocycles. The van der Waals surface area contributed by atoms with E-state index < -0.39 is 0 Å². The molecule has 94 valence electrons. The van der Waals surface area contributed by atoms with Gasteiger partial charge in [-0.15, -0.1) is 0 Å². The van der Waals surface area contributed by atoms with Crippen molar-refractivity contribution in [1.82, 2.24) is 9.97 Å². The lowest BCUT2D eigenvalue weighted by Gasteiger charge is -2.06. The number of nitrogens with zero attached hydrogens (tertiary/aromatic N) is 1. The van der Waals surface area contributed by atoms with Crippen molar-refractivity contribution < 1.29 is 0 Å². The molecule has 1 aliphatic carbocycles. The molecule has 0 radical (unpaired) electrons. The van der Waals surface area contributed by atoms with Gasteiger partial charge < -0.3 is 10.7 Å². The highest BCUT2D eigenvalue weighted by Crippen LogP contribution is 2.37. The fraction of sp³-hybridized carbons (Fsp3) is 0.357. The average molecular weight is 262 g/mol. The van der Waals surface area contributed by atoms with Crippen molar-refractivity contribution in [1.29, 1.82) is 0 Å². The second-order valence-corrected chi connectivity index (χ2v) is 5.34. The van der Waals surface area contributed by atoms with Crippen LogP contribution in [0.1, 0.15) is 36.3 Å². The van der Waals surface area contributed by atoms with Crippen LogP contribution in [0.25, 0.3) is 11.3 Å². The summed E-state index contributed by atoms with van der Waals surface area (Å²) in [5.74, 6) is 1.43. The second-order valence-electron chi connectivity index (χ2n) is 4.91. The second kappa shape index (κ2) is 4.41. The Morgan fingerprint density at radius 3 is 3.11 bits per heavy atom. The highest BCUT2D eigenvalue weighted by atomic mass is 35.5. The van der Waals surface area contributed by atoms with E-state index in [0.717, 1.165) is 29.4 Å². The molecule has 1 aromatic heterocycles. The molecule has 3 nitrogen and oxygen atoms in total. The fourth-order valence-electron chi connectivity index (χ4n) is 2.53. The van der Waals surface area contributed by atoms with Crippen molar-refractivity contribution in [3.05, 3.63) is 40.3 Å². The molecule has 1 aliphatic rings. The third-order valence-electron chi connectivity index (χ3n) is 3.55. The zero-order valence-corrected chi connectivity index (χ0v) is 11.1. The number of rotatable bonds is 3. The summed E-state index contributed by atoms with van der Waals surface area (Å²) in [5, 5.41) is 0.788. The summed E-state index contributed by atoms with van der Waals surface area (Å²) in [4.78, 5) is 8.16. The molecule has 1 heterocycles. The van der Waals surface area contributed by atoms with Crippen LogP contribution in [0.2, 0.25) is 5.02 Å². The first-order valence-electron chi connectivity index (χ1n) is 6.26. The quantitative estimate of drug-likeness (QED) is 0.761. The van der Waals surface area contributed by atoms with E-state index in [1.54, 1.807) is 0 Å². The number of nitrogens with one attached hydrogen (secondary N) is 1. The summed E-state index contributed by atoms with van der Waals surface area (Å²) < 4.78 is 0. The average Bonchev–Trinajstić information content (AvgIpc) is 2.85. The summed E-state index contributed by atoms with van der Waals surface area (Å²) in [6, 6.07) is 6.00. The van der Waals surface area contributed by atoms with Gasteiger partial charge in [0.2, 0.25) is 0 Å². The van der Waals surface area contributed by atoms with E-state index in [-0.39, 0.29) is 0 Å². The third-order valence-corrected chi connectivity index (χ3v) is 3.79. The van der Waals surface area contributed by atoms with E-state index in [1.165, 1.54) is 16.8 Å². The van der Waals surface area contributed by atoms with E-state index in [2.05, 4.69) is 18.0 Å². The Hall–Kier alpha value is -1.32. The maximum Gasteiger partial charge on any atom is 0.109 e. The van der Waals surface area contributed by atoms with Crippen LogP contribution in [-0.2, 0) is 6.42 Å². The van der Waals surface area contributed by atoms with Gasteiger partial charge in [-0.3, -0.25) is 0 Å². The number of fused-ring (bicyclic) bond motifs is 3. The summed E-state index contributed by atoms with van der Waals surface area (Å²) in [7, 11) is 0. The SMILES string of the molecule is CC(CCN)c1nc2c([nH]1)Cc1cc(Cl)ccc1-2. The molecule has 0 fully saturated rings. The molecule has 1 unspecified atom stereocenters. The number of aromatic amines is 1. The van der Waals surface area contributed by atoms with Gasteiger partial charge in [0.25, 0.3) is 0 Å². The van der Waals surface area contributed by atoms with Crippen molar-refractivity contribution >= 4 is 11.6 Å². The highest BCUT2D eigenvalue weighted by molar-refractivity contribution is 6.30. The Morgan fingerprint density at radius 2 is 2.33 bits per heavy atom. The molecule has 4 heteroatoms. The molecule has 0 aliphatic heterocycles. The van der Waals surface area contributed by atoms with Crippen LogP contribution < -0.4 is 5.73 Å². The first-order valence-corrected chi connectivity index (χ1v) is 6.64. The van der Waals surface area contributed by atoms with Crippen LogP contribution >= 0.6 is 11.6 Å². The summed E-state index contributed by atoms with van der Waals surface area (Å²) in [5.41, 5.74) is 10.3. The minimum absolute atomic E-state index is 0.386. The summed E-state index contributed by atoms with van der Waals surface area (Å²) in [6.07, 6.45) is 1.85. The number of H-pyrrole nitrogens is 1. The van der Waals surface area contributed by atoms with Gasteiger partial charge in [-0.2, -0.15) is 0 Å². The van der Waals surface area contributed by atoms with E-state index in [1.807, 2.05) is 12.1 Å². The maximum atomic E-state index is 6.01. The van der Waals surface area contributed by atoms with Gasteiger partial charge in [-0.1, -0.05) is 24.6 Å². The molecular formula is C14H16ClN3. The van der Waals surface area contributed by atoms with Gasteiger partial charge >= 0.3 is 0 Å². The Labute approximate surface area is 111 Å². The molecule has 1 atom stereocenters. The molecule has 3 rings (SSSR count). The predicted octanol–water partition coefficient (Wildman–Crippen LogP) is 3.09. The number of halogens is 1. The summed E-state index contributed by atoms with van der Waals surface area (Å²) in [6.45, 7) is 2.85. The lowest BCUT2D eigenvalue weighted by Crippen LogP contribution is -2.06. The predicted molar refractivity (Wildman–Crippen MR) is 73.9 cm³/mol. The van der Waals surface area contributed by atoms with E-state index in [9.17, 15) is 0 Å². The Morgan fingerprint density at radius 1 is 1.50 bits per heavy atom. The standard InChI is InChI=1S/C14H16ClN3/c1-8(4-5-16)14-17-12-7-9-6-10(15)2-3-11(9)13(12)18-14/h2-3,6,8H,4-5,7,16H2,1H3,(H,17,18). The van der Waals surface area contributed by atoms with Gasteiger partial charge in [-0.25, -0.2) is 4.98 Å². The Bertz CT molecular complexity index is 589. The summed E-state index contributed by atoms with van der Waals surface area (Å²) >= 11 is 6.01. The van der Waals surface area contributed by atoms with Crippen LogP contribution in [0.4, 0.5) is 0 Å². The number of nitrogens with two attached hydrogens (primary N) is 1. The highest BCUT2D eigenvalue weighted by Gasteiger charge is 2.24. The van der Waals surface area contributed by atoms with Crippen molar-refractivity contribution in [2.24, 2.45) is 5.73 Å². The molecular weight excluding hydrogens is 246 g/mol. The molecule has 18 heavy (non-hydrogen) atoms. The van der Waals surface area contributed by atoms with Crippen molar-refractivity contribution in [3.8, 4) is 11.3 Å². The van der Waals surface area contributed by atoms with E-state index >= 15 is 0 Å². The fourth-order valence-corrected chi connectivity index (χ4v) is 2.73. The van der Waals surface area contributed by atoms with Crippen LogP contribution in [0, 0.1) is 0 Å². The molecule has 0 saturated heterocycles. The van der Waals surface area contributed by atoms with E-state index in [4.69, 9.17) is 22.3 Å². The first kappa shape index (κ1) is 11.8. The van der Waals surface area contributed by atoms with Crippen LogP contribution in [0.15, 0.2) is 18.2 Å². The number of benzene rings is 1. The van der Waals surface area contributed by atoms with Crippen molar-refractivity contribution in [2.75, 3.05) is 6.54 Å². The Kier molecular flexibility index (Phi) is 2.88. The zero-order chi connectivity index (χ0) is 12.7. The molecule has 0 spiro atoms. The normalized spacial score (nSPS) is 14.4. The van der Waals surface area contributed by atoms with Crippen LogP contribution in [-0.4, -0.2) is 16.5 Å². The molecule has 3 N–H and O–H groups in total. The molecule has 1 aromatic carbocycles. The Balaban J connectivity index is 1.98. The number of hydrogen-bond acceptors (Lipinski definition) is 2. The molecule has 2 aromatic rings. The van der Waals surface area contributed by atoms with Gasteiger partial charge in [0, 0.05) is 28.6 Å². The third kappa shape index (κ3) is 1.84. The molecule has 0 bridgehead atoms. The molecule has 0 amide bonds. The van der Waals surface area contributed by atoms with Crippen molar-refractivity contribution in [3.63, 3.8) is 0 Å². The van der Waals surface area contributed by atoms with Crippen molar-refractivity contribution in [2.45, 2.75) is 25.7 Å². The minimum atomic E-state index is 0.386. The lowest BCUT2D eigenvalue weighted by atomic mass is 10.1. The maximum absolute atomic E-state index is 6.01. The van der Waals surface area contributed by atoms with Crippen LogP contribution in [0.3, 0.4) is 0 Å². The minimum Gasteiger partial charge on any atom is -0.345 e.